The maximum atomic E-state index is 5.39. The van der Waals surface area contributed by atoms with Crippen LogP contribution < -0.4 is 10.1 Å². The van der Waals surface area contributed by atoms with Crippen LogP contribution in [0.1, 0.15) is 11.1 Å². The third kappa shape index (κ3) is 4.10. The fourth-order valence-electron chi connectivity index (χ4n) is 2.28. The third-order valence-electron chi connectivity index (χ3n) is 3.44. The number of anilines is 1. The van der Waals surface area contributed by atoms with Crippen molar-refractivity contribution in [3.8, 4) is 5.75 Å². The highest BCUT2D eigenvalue weighted by molar-refractivity contribution is 9.10. The third-order valence-corrected chi connectivity index (χ3v) is 3.93. The molecule has 2 aromatic carbocycles. The molecule has 0 saturated heterocycles. The van der Waals surface area contributed by atoms with Crippen molar-refractivity contribution < 1.29 is 4.74 Å². The maximum Gasteiger partial charge on any atom is 0.168 e. The number of benzene rings is 2. The van der Waals surface area contributed by atoms with Gasteiger partial charge in [0.2, 0.25) is 0 Å². The van der Waals surface area contributed by atoms with Crippen molar-refractivity contribution >= 4 is 21.7 Å². The minimum atomic E-state index is 0.625. The summed E-state index contributed by atoms with van der Waals surface area (Å²) in [5, 5.41) is 11.6. The van der Waals surface area contributed by atoms with Gasteiger partial charge in [-0.3, -0.25) is 0 Å². The first-order valence-corrected chi connectivity index (χ1v) is 8.04. The average Bonchev–Trinajstić information content (AvgIpc) is 3.02. The molecule has 118 valence electrons. The Morgan fingerprint density at radius 3 is 2.78 bits per heavy atom. The summed E-state index contributed by atoms with van der Waals surface area (Å²) in [6.07, 6.45) is 1.90. The molecule has 0 saturated carbocycles. The molecule has 0 aliphatic rings. The van der Waals surface area contributed by atoms with Crippen molar-refractivity contribution in [3.05, 3.63) is 70.3 Å². The van der Waals surface area contributed by atoms with Gasteiger partial charge in [-0.2, -0.15) is 0 Å². The topological polar surface area (TPSA) is 52.0 Å². The first-order chi connectivity index (χ1) is 11.2. The molecule has 1 aromatic heterocycles. The molecule has 0 atom stereocenters. The van der Waals surface area contributed by atoms with E-state index >= 15 is 0 Å². The second-order valence-electron chi connectivity index (χ2n) is 5.10. The van der Waals surface area contributed by atoms with E-state index in [-0.39, 0.29) is 0 Å². The summed E-state index contributed by atoms with van der Waals surface area (Å²) in [6, 6.07) is 16.1. The van der Waals surface area contributed by atoms with Gasteiger partial charge in [-0.1, -0.05) is 57.5 Å². The van der Waals surface area contributed by atoms with Gasteiger partial charge in [-0.25, -0.2) is 4.68 Å². The van der Waals surface area contributed by atoms with E-state index < -0.39 is 0 Å². The molecule has 0 spiro atoms. The zero-order chi connectivity index (χ0) is 16.1. The van der Waals surface area contributed by atoms with E-state index in [1.807, 2.05) is 47.3 Å². The van der Waals surface area contributed by atoms with Crippen molar-refractivity contribution in [2.45, 2.75) is 13.1 Å². The van der Waals surface area contributed by atoms with Crippen LogP contribution in [0.25, 0.3) is 0 Å². The van der Waals surface area contributed by atoms with Gasteiger partial charge >= 0.3 is 0 Å². The summed E-state index contributed by atoms with van der Waals surface area (Å²) in [6.45, 7) is 1.33. The molecule has 6 heteroatoms. The van der Waals surface area contributed by atoms with Gasteiger partial charge in [-0.05, 0) is 17.7 Å². The van der Waals surface area contributed by atoms with Crippen LogP contribution in [0, 0.1) is 0 Å². The van der Waals surface area contributed by atoms with Crippen molar-refractivity contribution in [3.63, 3.8) is 0 Å². The van der Waals surface area contributed by atoms with Gasteiger partial charge in [0.15, 0.2) is 5.82 Å². The molecule has 0 radical (unpaired) electrons. The Kier molecular flexibility index (Phi) is 4.92. The van der Waals surface area contributed by atoms with Crippen LogP contribution in [0.5, 0.6) is 5.75 Å². The van der Waals surface area contributed by atoms with Crippen LogP contribution in [-0.4, -0.2) is 22.1 Å². The molecule has 3 rings (SSSR count). The zero-order valence-electron chi connectivity index (χ0n) is 12.7. The Hall–Kier alpha value is -2.34. The first-order valence-electron chi connectivity index (χ1n) is 7.25. The molecule has 3 aromatic rings. The second-order valence-corrected chi connectivity index (χ2v) is 6.01. The number of nitrogens with one attached hydrogen (secondary N) is 1. The number of halogens is 1. The van der Waals surface area contributed by atoms with Gasteiger partial charge in [0.05, 0.1) is 19.9 Å². The van der Waals surface area contributed by atoms with Gasteiger partial charge in [0.25, 0.3) is 0 Å². The predicted octanol–water partition coefficient (Wildman–Crippen LogP) is 3.71. The zero-order valence-corrected chi connectivity index (χ0v) is 14.3. The van der Waals surface area contributed by atoms with Crippen molar-refractivity contribution in [1.82, 2.24) is 15.0 Å². The molecular formula is C17H17BrN4O. The summed E-state index contributed by atoms with van der Waals surface area (Å²) in [7, 11) is 1.67. The van der Waals surface area contributed by atoms with E-state index in [2.05, 4.69) is 43.7 Å². The maximum absolute atomic E-state index is 5.39. The van der Waals surface area contributed by atoms with Crippen LogP contribution in [0.2, 0.25) is 0 Å². The summed E-state index contributed by atoms with van der Waals surface area (Å²) in [5.74, 6) is 1.58. The highest BCUT2D eigenvalue weighted by atomic mass is 79.9. The fourth-order valence-corrected chi connectivity index (χ4v) is 2.62. The van der Waals surface area contributed by atoms with Crippen LogP contribution in [0.15, 0.2) is 59.2 Å². The number of rotatable bonds is 6. The standard InChI is InChI=1S/C17H17BrN4O/c1-23-16-9-15(18)8-7-14(16)10-19-17-12-22(21-20-17)11-13-5-3-2-4-6-13/h2-9,12,19H,10-11H2,1H3. The monoisotopic (exact) mass is 372 g/mol. The molecule has 0 aliphatic carbocycles. The van der Waals surface area contributed by atoms with Gasteiger partial charge in [-0.15, -0.1) is 5.10 Å². The largest absolute Gasteiger partial charge is 0.496 e. The van der Waals surface area contributed by atoms with E-state index in [0.29, 0.717) is 13.1 Å². The van der Waals surface area contributed by atoms with E-state index in [1.54, 1.807) is 7.11 Å². The molecule has 0 fully saturated rings. The Morgan fingerprint density at radius 1 is 1.17 bits per heavy atom. The number of hydrogen-bond donors (Lipinski definition) is 1. The summed E-state index contributed by atoms with van der Waals surface area (Å²) in [5.41, 5.74) is 2.26. The second kappa shape index (κ2) is 7.28. The first kappa shape index (κ1) is 15.6. The number of nitrogens with zero attached hydrogens (tertiary/aromatic N) is 3. The molecule has 1 heterocycles. The predicted molar refractivity (Wildman–Crippen MR) is 93.6 cm³/mol. The number of aromatic nitrogens is 3. The summed E-state index contributed by atoms with van der Waals surface area (Å²) < 4.78 is 8.20. The number of ether oxygens (including phenoxy) is 1. The Morgan fingerprint density at radius 2 is 2.00 bits per heavy atom. The Labute approximate surface area is 143 Å². The highest BCUT2D eigenvalue weighted by Gasteiger charge is 2.06. The molecule has 0 bridgehead atoms. The molecule has 5 nitrogen and oxygen atoms in total. The molecule has 0 unspecified atom stereocenters. The molecule has 0 aliphatic heterocycles. The van der Waals surface area contributed by atoms with Gasteiger partial charge < -0.3 is 10.1 Å². The Balaban J connectivity index is 1.63. The quantitative estimate of drug-likeness (QED) is 0.716. The van der Waals surface area contributed by atoms with Gasteiger partial charge in [0, 0.05) is 16.6 Å². The molecule has 1 N–H and O–H groups in total. The van der Waals surface area contributed by atoms with Crippen molar-refractivity contribution in [1.29, 1.82) is 0 Å². The van der Waals surface area contributed by atoms with Crippen molar-refractivity contribution in [2.24, 2.45) is 0 Å². The van der Waals surface area contributed by atoms with Crippen LogP contribution >= 0.6 is 15.9 Å². The minimum absolute atomic E-state index is 0.625. The van der Waals surface area contributed by atoms with E-state index in [4.69, 9.17) is 4.74 Å². The average molecular weight is 373 g/mol. The lowest BCUT2D eigenvalue weighted by atomic mass is 10.2. The van der Waals surface area contributed by atoms with Crippen LogP contribution in [0.4, 0.5) is 5.82 Å². The fraction of sp³-hybridized carbons (Fsp3) is 0.176. The number of methoxy groups -OCH3 is 1. The van der Waals surface area contributed by atoms with E-state index in [0.717, 1.165) is 21.6 Å². The Bertz CT molecular complexity index is 773. The summed E-state index contributed by atoms with van der Waals surface area (Å²) in [4.78, 5) is 0. The van der Waals surface area contributed by atoms with Crippen LogP contribution in [0.3, 0.4) is 0 Å². The SMILES string of the molecule is COc1cc(Br)ccc1CNc1cn(Cc2ccccc2)nn1. The van der Waals surface area contributed by atoms with Crippen LogP contribution in [-0.2, 0) is 13.1 Å². The molecular weight excluding hydrogens is 356 g/mol. The smallest absolute Gasteiger partial charge is 0.168 e. The lowest BCUT2D eigenvalue weighted by molar-refractivity contribution is 0.410. The van der Waals surface area contributed by atoms with E-state index in [1.165, 1.54) is 5.56 Å². The van der Waals surface area contributed by atoms with Crippen molar-refractivity contribution in [2.75, 3.05) is 12.4 Å². The summed E-state index contributed by atoms with van der Waals surface area (Å²) >= 11 is 3.44. The minimum Gasteiger partial charge on any atom is -0.496 e. The van der Waals surface area contributed by atoms with E-state index in [9.17, 15) is 0 Å². The lowest BCUT2D eigenvalue weighted by Crippen LogP contribution is -2.02. The lowest BCUT2D eigenvalue weighted by Gasteiger charge is -2.09. The normalized spacial score (nSPS) is 10.5. The van der Waals surface area contributed by atoms with Gasteiger partial charge in [0.1, 0.15) is 5.75 Å². The molecule has 23 heavy (non-hydrogen) atoms. The molecule has 0 amide bonds. The highest BCUT2D eigenvalue weighted by Crippen LogP contribution is 2.24. The number of hydrogen-bond acceptors (Lipinski definition) is 4.